The maximum Gasteiger partial charge on any atom is 0.273 e. The van der Waals surface area contributed by atoms with E-state index < -0.39 is 0 Å². The number of hydrogen-bond acceptors (Lipinski definition) is 9. The Morgan fingerprint density at radius 3 is 2.68 bits per heavy atom. The van der Waals surface area contributed by atoms with Gasteiger partial charge in [-0.15, -0.1) is 0 Å². The Morgan fingerprint density at radius 1 is 1.10 bits per heavy atom. The zero-order valence-electron chi connectivity index (χ0n) is 16.7. The standard InChI is InChI=1S/C20H21N9O2/c21-13-9-15(23-14-2-1-11-16(24-14)26-27-17(11)30)22-10-12(13)18-25-19(28-31-18)20-3-6-29(7-4-20)8-5-20/h1-2,9-10H,3-8H2,(H5,21,22,23,24,26,27,30). The van der Waals surface area contributed by atoms with Gasteiger partial charge in [0, 0.05) is 23.4 Å². The minimum absolute atomic E-state index is 0.0176. The second kappa shape index (κ2) is 6.64. The highest BCUT2D eigenvalue weighted by Crippen LogP contribution is 2.42. The van der Waals surface area contributed by atoms with Crippen LogP contribution < -0.4 is 16.6 Å². The van der Waals surface area contributed by atoms with Crippen molar-refractivity contribution < 1.29 is 4.52 Å². The molecule has 0 atom stereocenters. The molecule has 3 aliphatic heterocycles. The summed E-state index contributed by atoms with van der Waals surface area (Å²) in [5.74, 6) is 2.22. The van der Waals surface area contributed by atoms with E-state index in [1.165, 1.54) is 0 Å². The highest BCUT2D eigenvalue weighted by molar-refractivity contribution is 5.77. The van der Waals surface area contributed by atoms with Crippen molar-refractivity contribution in [2.45, 2.75) is 24.7 Å². The van der Waals surface area contributed by atoms with Gasteiger partial charge in [0.15, 0.2) is 11.5 Å². The van der Waals surface area contributed by atoms with Crippen LogP contribution in [0.15, 0.2) is 33.7 Å². The maximum atomic E-state index is 11.6. The van der Waals surface area contributed by atoms with E-state index in [-0.39, 0.29) is 11.0 Å². The van der Waals surface area contributed by atoms with E-state index in [9.17, 15) is 4.79 Å². The Labute approximate surface area is 176 Å². The smallest absolute Gasteiger partial charge is 0.273 e. The zero-order valence-corrected chi connectivity index (χ0v) is 16.7. The molecule has 2 bridgehead atoms. The van der Waals surface area contributed by atoms with Crippen LogP contribution in [0.4, 0.5) is 17.3 Å². The van der Waals surface area contributed by atoms with Crippen molar-refractivity contribution >= 4 is 28.4 Å². The molecule has 158 valence electrons. The number of pyridine rings is 2. The SMILES string of the molecule is Nc1cc(Nc2ccc3c(=O)[nH][nH]c3n2)ncc1-c1nc(C23CCN(CC2)CC3)no1. The monoisotopic (exact) mass is 419 g/mol. The van der Waals surface area contributed by atoms with Crippen LogP contribution in [0.25, 0.3) is 22.5 Å². The molecule has 3 saturated heterocycles. The third kappa shape index (κ3) is 2.96. The molecular weight excluding hydrogens is 398 g/mol. The fourth-order valence-electron chi connectivity index (χ4n) is 4.55. The van der Waals surface area contributed by atoms with E-state index in [2.05, 4.69) is 35.5 Å². The molecule has 0 aliphatic carbocycles. The Kier molecular flexibility index (Phi) is 3.87. The fourth-order valence-corrected chi connectivity index (χ4v) is 4.55. The van der Waals surface area contributed by atoms with Gasteiger partial charge in [-0.3, -0.25) is 15.0 Å². The van der Waals surface area contributed by atoms with Gasteiger partial charge in [-0.25, -0.2) is 9.97 Å². The lowest BCUT2D eigenvalue weighted by atomic mass is 9.71. The summed E-state index contributed by atoms with van der Waals surface area (Å²) in [7, 11) is 0. The molecule has 0 radical (unpaired) electrons. The normalized spacial score (nSPS) is 22.8. The number of hydrogen-bond donors (Lipinski definition) is 4. The Balaban J connectivity index is 1.25. The predicted molar refractivity (Wildman–Crippen MR) is 114 cm³/mol. The van der Waals surface area contributed by atoms with E-state index in [1.807, 2.05) is 0 Å². The van der Waals surface area contributed by atoms with Gasteiger partial charge < -0.3 is 20.5 Å². The van der Waals surface area contributed by atoms with Gasteiger partial charge in [-0.1, -0.05) is 5.16 Å². The van der Waals surface area contributed by atoms with Gasteiger partial charge in [0.2, 0.25) is 0 Å². The summed E-state index contributed by atoms with van der Waals surface area (Å²) in [6.45, 7) is 3.26. The van der Waals surface area contributed by atoms with Gasteiger partial charge in [0.25, 0.3) is 11.4 Å². The number of nitrogens with one attached hydrogen (secondary N) is 3. The van der Waals surface area contributed by atoms with E-state index in [0.717, 1.165) is 44.7 Å². The first kappa shape index (κ1) is 18.1. The molecule has 0 saturated carbocycles. The summed E-state index contributed by atoms with van der Waals surface area (Å²) in [6, 6.07) is 5.09. The highest BCUT2D eigenvalue weighted by atomic mass is 16.5. The van der Waals surface area contributed by atoms with Crippen LogP contribution in [0.5, 0.6) is 0 Å². The van der Waals surface area contributed by atoms with Crippen LogP contribution in [0, 0.1) is 0 Å². The first-order chi connectivity index (χ1) is 15.1. The quantitative estimate of drug-likeness (QED) is 0.387. The summed E-state index contributed by atoms with van der Waals surface area (Å²) >= 11 is 0. The van der Waals surface area contributed by atoms with Crippen LogP contribution in [0.1, 0.15) is 25.1 Å². The summed E-state index contributed by atoms with van der Waals surface area (Å²) in [5.41, 5.74) is 7.62. The van der Waals surface area contributed by atoms with Crippen molar-refractivity contribution in [3.8, 4) is 11.5 Å². The molecule has 7 rings (SSSR count). The summed E-state index contributed by atoms with van der Waals surface area (Å²) < 4.78 is 5.57. The number of fused-ring (bicyclic) bond motifs is 4. The van der Waals surface area contributed by atoms with E-state index >= 15 is 0 Å². The molecule has 5 N–H and O–H groups in total. The van der Waals surface area contributed by atoms with E-state index in [1.54, 1.807) is 24.4 Å². The number of nitrogens with two attached hydrogens (primary N) is 1. The van der Waals surface area contributed by atoms with Crippen LogP contribution in [-0.4, -0.2) is 54.8 Å². The zero-order chi connectivity index (χ0) is 21.0. The van der Waals surface area contributed by atoms with Crippen LogP contribution in [-0.2, 0) is 5.41 Å². The van der Waals surface area contributed by atoms with Crippen molar-refractivity contribution in [3.63, 3.8) is 0 Å². The lowest BCUT2D eigenvalue weighted by molar-refractivity contribution is 0.0747. The predicted octanol–water partition coefficient (Wildman–Crippen LogP) is 1.76. The Bertz CT molecular complexity index is 1320. The lowest BCUT2D eigenvalue weighted by Gasteiger charge is -2.46. The Hall–Kier alpha value is -3.73. The summed E-state index contributed by atoms with van der Waals surface area (Å²) in [4.78, 5) is 27.6. The third-order valence-electron chi connectivity index (χ3n) is 6.48. The number of anilines is 3. The number of aromatic nitrogens is 6. The van der Waals surface area contributed by atoms with Gasteiger partial charge in [0.1, 0.15) is 11.6 Å². The molecule has 0 aromatic carbocycles. The molecule has 0 amide bonds. The second-order valence-corrected chi connectivity index (χ2v) is 8.25. The Morgan fingerprint density at radius 2 is 1.90 bits per heavy atom. The molecule has 31 heavy (non-hydrogen) atoms. The van der Waals surface area contributed by atoms with Crippen molar-refractivity contribution in [3.05, 3.63) is 40.6 Å². The van der Waals surface area contributed by atoms with E-state index in [0.29, 0.717) is 39.8 Å². The molecular formula is C20H21N9O2. The average molecular weight is 419 g/mol. The van der Waals surface area contributed by atoms with Gasteiger partial charge in [0.05, 0.1) is 10.9 Å². The molecule has 3 fully saturated rings. The largest absolute Gasteiger partial charge is 0.398 e. The molecule has 4 aromatic rings. The van der Waals surface area contributed by atoms with Gasteiger partial charge in [-0.05, 0) is 51.0 Å². The molecule has 4 aromatic heterocycles. The number of H-pyrrole nitrogens is 2. The molecule has 11 heteroatoms. The summed E-state index contributed by atoms with van der Waals surface area (Å²) in [6.07, 6.45) is 4.80. The third-order valence-corrected chi connectivity index (χ3v) is 6.48. The molecule has 7 heterocycles. The maximum absolute atomic E-state index is 11.6. The topological polar surface area (TPSA) is 155 Å². The van der Waals surface area contributed by atoms with E-state index in [4.69, 9.17) is 15.2 Å². The minimum atomic E-state index is -0.210. The van der Waals surface area contributed by atoms with Gasteiger partial charge >= 0.3 is 0 Å². The van der Waals surface area contributed by atoms with Crippen molar-refractivity contribution in [1.82, 2.24) is 35.2 Å². The molecule has 11 nitrogen and oxygen atoms in total. The fraction of sp³-hybridized carbons (Fsp3) is 0.350. The lowest BCUT2D eigenvalue weighted by Crippen LogP contribution is -2.51. The number of nitrogen functional groups attached to an aromatic ring is 1. The number of nitrogens with zero attached hydrogens (tertiary/aromatic N) is 5. The molecule has 0 spiro atoms. The first-order valence-electron chi connectivity index (χ1n) is 10.3. The number of aromatic amines is 2. The second-order valence-electron chi connectivity index (χ2n) is 8.25. The molecule has 0 unspecified atom stereocenters. The van der Waals surface area contributed by atoms with Crippen molar-refractivity contribution in [1.29, 1.82) is 0 Å². The number of rotatable bonds is 4. The van der Waals surface area contributed by atoms with Crippen LogP contribution in [0.3, 0.4) is 0 Å². The highest BCUT2D eigenvalue weighted by Gasteiger charge is 2.44. The molecule has 3 aliphatic rings. The van der Waals surface area contributed by atoms with Crippen LogP contribution in [0.2, 0.25) is 0 Å². The first-order valence-corrected chi connectivity index (χ1v) is 10.3. The summed E-state index contributed by atoms with van der Waals surface area (Å²) in [5, 5.41) is 13.1. The number of piperidine rings is 3. The minimum Gasteiger partial charge on any atom is -0.398 e. The van der Waals surface area contributed by atoms with Crippen molar-refractivity contribution in [2.24, 2.45) is 0 Å². The van der Waals surface area contributed by atoms with Crippen LogP contribution >= 0.6 is 0 Å². The average Bonchev–Trinajstić information content (AvgIpc) is 3.43. The van der Waals surface area contributed by atoms with Crippen molar-refractivity contribution in [2.75, 3.05) is 30.7 Å². The van der Waals surface area contributed by atoms with Gasteiger partial charge in [-0.2, -0.15) is 4.98 Å².